The van der Waals surface area contributed by atoms with Gasteiger partial charge in [0.1, 0.15) is 0 Å². The van der Waals surface area contributed by atoms with Crippen LogP contribution >= 0.6 is 0 Å². The molecule has 0 aliphatic heterocycles. The van der Waals surface area contributed by atoms with E-state index in [1.807, 2.05) is 19.2 Å². The van der Waals surface area contributed by atoms with Crippen LogP contribution in [0.4, 0.5) is 13.2 Å². The van der Waals surface area contributed by atoms with E-state index in [0.717, 1.165) is 18.0 Å². The van der Waals surface area contributed by atoms with E-state index in [0.29, 0.717) is 12.2 Å². The van der Waals surface area contributed by atoms with Gasteiger partial charge in [0.05, 0.1) is 17.4 Å². The highest BCUT2D eigenvalue weighted by molar-refractivity contribution is 5.34. The predicted octanol–water partition coefficient (Wildman–Crippen LogP) is 2.61. The molecule has 96 valence electrons. The minimum atomic E-state index is -4.36. The van der Waals surface area contributed by atoms with Gasteiger partial charge in [0, 0.05) is 12.7 Å². The van der Waals surface area contributed by atoms with E-state index in [1.54, 1.807) is 12.1 Å². The van der Waals surface area contributed by atoms with Crippen molar-refractivity contribution in [2.24, 2.45) is 0 Å². The number of alkyl halides is 3. The first kappa shape index (κ1) is 12.6. The Morgan fingerprint density at radius 3 is 2.39 bits per heavy atom. The second-order valence-corrected chi connectivity index (χ2v) is 3.87. The van der Waals surface area contributed by atoms with Crippen molar-refractivity contribution in [3.63, 3.8) is 0 Å². The molecule has 2 rings (SSSR count). The van der Waals surface area contributed by atoms with Gasteiger partial charge in [0.2, 0.25) is 0 Å². The van der Waals surface area contributed by atoms with Crippen molar-refractivity contribution in [3.8, 4) is 5.69 Å². The van der Waals surface area contributed by atoms with E-state index in [-0.39, 0.29) is 0 Å². The molecule has 0 aliphatic rings. The number of rotatable bonds is 3. The summed E-state index contributed by atoms with van der Waals surface area (Å²) in [6.45, 7) is 0.715. The summed E-state index contributed by atoms with van der Waals surface area (Å²) in [5.41, 5.74) is 0.914. The summed E-state index contributed by atoms with van der Waals surface area (Å²) in [6.07, 6.45) is -2.56. The Hall–Kier alpha value is -1.82. The van der Waals surface area contributed by atoms with Gasteiger partial charge >= 0.3 is 6.18 Å². The minimum Gasteiger partial charge on any atom is -0.316 e. The summed E-state index contributed by atoms with van der Waals surface area (Å²) in [5, 5.41) is 6.71. The zero-order chi connectivity index (χ0) is 13.2. The van der Waals surface area contributed by atoms with Crippen LogP contribution in [0.1, 0.15) is 11.1 Å². The molecule has 6 heteroatoms. The third kappa shape index (κ3) is 2.70. The highest BCUT2D eigenvalue weighted by atomic mass is 19.4. The molecule has 0 saturated heterocycles. The molecule has 1 aromatic heterocycles. The van der Waals surface area contributed by atoms with Crippen LogP contribution in [0.25, 0.3) is 5.69 Å². The molecule has 18 heavy (non-hydrogen) atoms. The fourth-order valence-corrected chi connectivity index (χ4v) is 1.58. The first-order chi connectivity index (χ1) is 8.50. The van der Waals surface area contributed by atoms with Crippen molar-refractivity contribution in [2.45, 2.75) is 12.7 Å². The Morgan fingerprint density at radius 1 is 1.22 bits per heavy atom. The lowest BCUT2D eigenvalue weighted by molar-refractivity contribution is -0.137. The van der Waals surface area contributed by atoms with Crippen LogP contribution in [-0.4, -0.2) is 16.8 Å². The molecule has 0 saturated carbocycles. The van der Waals surface area contributed by atoms with Crippen LogP contribution in [0.15, 0.2) is 36.7 Å². The third-order valence-electron chi connectivity index (χ3n) is 2.49. The monoisotopic (exact) mass is 255 g/mol. The Balaban J connectivity index is 2.23. The average molecular weight is 255 g/mol. The third-order valence-corrected chi connectivity index (χ3v) is 2.49. The SMILES string of the molecule is CNCc1ccc(-n2cc(C(F)(F)F)cn2)cc1. The number of nitrogens with one attached hydrogen (secondary N) is 1. The van der Waals surface area contributed by atoms with Crippen molar-refractivity contribution in [2.75, 3.05) is 7.05 Å². The molecule has 0 fully saturated rings. The molecule has 0 aliphatic carbocycles. The summed E-state index contributed by atoms with van der Waals surface area (Å²) < 4.78 is 38.5. The largest absolute Gasteiger partial charge is 0.419 e. The fourth-order valence-electron chi connectivity index (χ4n) is 1.58. The van der Waals surface area contributed by atoms with Gasteiger partial charge in [-0.15, -0.1) is 0 Å². The highest BCUT2D eigenvalue weighted by Crippen LogP contribution is 2.29. The van der Waals surface area contributed by atoms with Crippen molar-refractivity contribution in [1.82, 2.24) is 15.1 Å². The molecular weight excluding hydrogens is 243 g/mol. The smallest absolute Gasteiger partial charge is 0.316 e. The minimum absolute atomic E-state index is 0.602. The quantitative estimate of drug-likeness (QED) is 0.913. The summed E-state index contributed by atoms with van der Waals surface area (Å²) in [6, 6.07) is 7.17. The number of benzene rings is 1. The summed E-state index contributed by atoms with van der Waals surface area (Å²) in [4.78, 5) is 0. The van der Waals surface area contributed by atoms with Gasteiger partial charge in [-0.1, -0.05) is 12.1 Å². The van der Waals surface area contributed by atoms with Gasteiger partial charge in [-0.05, 0) is 24.7 Å². The van der Waals surface area contributed by atoms with Gasteiger partial charge < -0.3 is 5.32 Å². The molecular formula is C12H12F3N3. The highest BCUT2D eigenvalue weighted by Gasteiger charge is 2.32. The zero-order valence-corrected chi connectivity index (χ0v) is 9.70. The van der Waals surface area contributed by atoms with Crippen LogP contribution in [0.2, 0.25) is 0 Å². The predicted molar refractivity (Wildman–Crippen MR) is 61.3 cm³/mol. The molecule has 2 aromatic rings. The first-order valence-corrected chi connectivity index (χ1v) is 5.36. The van der Waals surface area contributed by atoms with Crippen molar-refractivity contribution in [1.29, 1.82) is 0 Å². The molecule has 0 bridgehead atoms. The second kappa shape index (κ2) is 4.81. The van der Waals surface area contributed by atoms with E-state index >= 15 is 0 Å². The molecule has 0 unspecified atom stereocenters. The Kier molecular flexibility index (Phi) is 3.38. The average Bonchev–Trinajstić information content (AvgIpc) is 2.79. The lowest BCUT2D eigenvalue weighted by Gasteiger charge is -2.04. The topological polar surface area (TPSA) is 29.9 Å². The van der Waals surface area contributed by atoms with E-state index in [9.17, 15) is 13.2 Å². The second-order valence-electron chi connectivity index (χ2n) is 3.87. The van der Waals surface area contributed by atoms with E-state index in [2.05, 4.69) is 10.4 Å². The van der Waals surface area contributed by atoms with Gasteiger partial charge in [-0.3, -0.25) is 0 Å². The maximum atomic E-state index is 12.4. The first-order valence-electron chi connectivity index (χ1n) is 5.36. The lowest BCUT2D eigenvalue weighted by atomic mass is 10.2. The fraction of sp³-hybridized carbons (Fsp3) is 0.250. The molecule has 0 radical (unpaired) electrons. The maximum Gasteiger partial charge on any atom is 0.419 e. The van der Waals surface area contributed by atoms with Crippen LogP contribution in [-0.2, 0) is 12.7 Å². The van der Waals surface area contributed by atoms with E-state index < -0.39 is 11.7 Å². The number of halogens is 3. The van der Waals surface area contributed by atoms with Crippen molar-refractivity contribution >= 4 is 0 Å². The Labute approximate surface area is 102 Å². The Bertz CT molecular complexity index is 514. The zero-order valence-electron chi connectivity index (χ0n) is 9.70. The summed E-state index contributed by atoms with van der Waals surface area (Å²) >= 11 is 0. The van der Waals surface area contributed by atoms with Gasteiger partial charge in [0.25, 0.3) is 0 Å². The van der Waals surface area contributed by atoms with E-state index in [4.69, 9.17) is 0 Å². The summed E-state index contributed by atoms with van der Waals surface area (Å²) in [7, 11) is 1.83. The van der Waals surface area contributed by atoms with Gasteiger partial charge in [-0.25, -0.2) is 4.68 Å². The van der Waals surface area contributed by atoms with Crippen molar-refractivity contribution in [3.05, 3.63) is 47.8 Å². The molecule has 0 amide bonds. The van der Waals surface area contributed by atoms with Crippen LogP contribution in [0, 0.1) is 0 Å². The molecule has 3 nitrogen and oxygen atoms in total. The van der Waals surface area contributed by atoms with Crippen LogP contribution < -0.4 is 5.32 Å². The standard InChI is InChI=1S/C12H12F3N3/c1-16-6-9-2-4-11(5-3-9)18-8-10(7-17-18)12(13,14)15/h2-5,7-8,16H,6H2,1H3. The van der Waals surface area contributed by atoms with E-state index in [1.165, 1.54) is 4.68 Å². The lowest BCUT2D eigenvalue weighted by Crippen LogP contribution is -2.05. The molecule has 1 aromatic carbocycles. The van der Waals surface area contributed by atoms with Crippen LogP contribution in [0.3, 0.4) is 0 Å². The molecule has 0 spiro atoms. The van der Waals surface area contributed by atoms with Gasteiger partial charge in [0.15, 0.2) is 0 Å². The van der Waals surface area contributed by atoms with Crippen molar-refractivity contribution < 1.29 is 13.2 Å². The summed E-state index contributed by atoms with van der Waals surface area (Å²) in [5.74, 6) is 0. The molecule has 1 heterocycles. The molecule has 1 N–H and O–H groups in total. The Morgan fingerprint density at radius 2 is 1.89 bits per heavy atom. The normalized spacial score (nSPS) is 11.8. The maximum absolute atomic E-state index is 12.4. The van der Waals surface area contributed by atoms with Gasteiger partial charge in [-0.2, -0.15) is 18.3 Å². The number of aromatic nitrogens is 2. The van der Waals surface area contributed by atoms with Crippen LogP contribution in [0.5, 0.6) is 0 Å². The number of hydrogen-bond acceptors (Lipinski definition) is 2. The number of hydrogen-bond donors (Lipinski definition) is 1. The molecule has 0 atom stereocenters. The number of nitrogens with zero attached hydrogens (tertiary/aromatic N) is 2.